The summed E-state index contributed by atoms with van der Waals surface area (Å²) in [6.45, 7) is 2.46. The van der Waals surface area contributed by atoms with Gasteiger partial charge < -0.3 is 4.74 Å². The van der Waals surface area contributed by atoms with E-state index in [4.69, 9.17) is 4.89 Å². The fourth-order valence-electron chi connectivity index (χ4n) is 0.993. The first kappa shape index (κ1) is 14.9. The van der Waals surface area contributed by atoms with Gasteiger partial charge in [0.25, 0.3) is 0 Å². The van der Waals surface area contributed by atoms with Gasteiger partial charge >= 0.3 is 11.9 Å². The van der Waals surface area contributed by atoms with Gasteiger partial charge in [-0.25, -0.2) is 4.79 Å². The maximum atomic E-state index is 11.1. The second-order valence-electron chi connectivity index (χ2n) is 3.41. The quantitative estimate of drug-likeness (QED) is 0.263. The molecule has 0 heterocycles. The smallest absolute Gasteiger partial charge is 0.342 e. The average molecular weight is 232 g/mol. The Morgan fingerprint density at radius 1 is 1.00 bits per heavy atom. The van der Waals surface area contributed by atoms with Crippen molar-refractivity contribution in [1.29, 1.82) is 0 Å². The molecule has 0 aromatic heterocycles. The lowest BCUT2D eigenvalue weighted by molar-refractivity contribution is -0.272. The molecular formula is C11H20O5. The first-order valence-electron chi connectivity index (χ1n) is 5.59. The normalized spacial score (nSPS) is 9.88. The Hall–Kier alpha value is -1.10. The van der Waals surface area contributed by atoms with E-state index in [-0.39, 0.29) is 18.4 Å². The third kappa shape index (κ3) is 9.45. The summed E-state index contributed by atoms with van der Waals surface area (Å²) in [6.07, 6.45) is 3.69. The van der Waals surface area contributed by atoms with Gasteiger partial charge in [0.2, 0.25) is 0 Å². The number of ether oxygens (including phenoxy) is 1. The van der Waals surface area contributed by atoms with E-state index in [0.29, 0.717) is 25.9 Å². The molecule has 0 aromatic rings. The lowest BCUT2D eigenvalue weighted by atomic mass is 10.2. The molecule has 0 aliphatic carbocycles. The van der Waals surface area contributed by atoms with Crippen LogP contribution in [-0.4, -0.2) is 25.7 Å². The number of methoxy groups -OCH3 is 1. The van der Waals surface area contributed by atoms with Crippen molar-refractivity contribution in [3.8, 4) is 0 Å². The lowest BCUT2D eigenvalue weighted by Gasteiger charge is -2.02. The zero-order chi connectivity index (χ0) is 12.2. The van der Waals surface area contributed by atoms with Gasteiger partial charge in [0.1, 0.15) is 0 Å². The second kappa shape index (κ2) is 10.4. The molecule has 0 aliphatic rings. The van der Waals surface area contributed by atoms with E-state index in [1.54, 1.807) is 0 Å². The van der Waals surface area contributed by atoms with E-state index < -0.39 is 0 Å². The predicted octanol–water partition coefficient (Wildman–Crippen LogP) is 1.99. The summed E-state index contributed by atoms with van der Waals surface area (Å²) < 4.78 is 4.47. The summed E-state index contributed by atoms with van der Waals surface area (Å²) in [6, 6.07) is 0. The molecule has 16 heavy (non-hydrogen) atoms. The zero-order valence-corrected chi connectivity index (χ0v) is 9.99. The Bertz CT molecular complexity index is 203. The highest BCUT2D eigenvalue weighted by molar-refractivity contribution is 5.70. The number of hydrogen-bond donors (Lipinski definition) is 0. The maximum Gasteiger partial charge on any atom is 0.342 e. The Morgan fingerprint density at radius 3 is 2.19 bits per heavy atom. The van der Waals surface area contributed by atoms with E-state index in [0.717, 1.165) is 12.8 Å². The van der Waals surface area contributed by atoms with Crippen LogP contribution < -0.4 is 0 Å². The number of carbonyl (C=O) groups excluding carboxylic acids is 2. The van der Waals surface area contributed by atoms with Crippen molar-refractivity contribution in [2.75, 3.05) is 13.7 Å². The molecule has 0 N–H and O–H groups in total. The molecule has 5 heteroatoms. The molecule has 94 valence electrons. The van der Waals surface area contributed by atoms with Crippen LogP contribution in [0.5, 0.6) is 0 Å². The van der Waals surface area contributed by atoms with E-state index in [2.05, 4.69) is 9.62 Å². The van der Waals surface area contributed by atoms with Crippen LogP contribution in [0.3, 0.4) is 0 Å². The first-order valence-corrected chi connectivity index (χ1v) is 5.59. The Balaban J connectivity index is 3.27. The zero-order valence-electron chi connectivity index (χ0n) is 9.99. The van der Waals surface area contributed by atoms with Crippen LogP contribution >= 0.6 is 0 Å². The summed E-state index contributed by atoms with van der Waals surface area (Å²) >= 11 is 0. The minimum Gasteiger partial charge on any atom is -0.469 e. The molecule has 0 unspecified atom stereocenters. The lowest BCUT2D eigenvalue weighted by Crippen LogP contribution is -2.07. The Morgan fingerprint density at radius 2 is 1.62 bits per heavy atom. The molecule has 0 radical (unpaired) electrons. The monoisotopic (exact) mass is 232 g/mol. The molecule has 0 amide bonds. The average Bonchev–Trinajstić information content (AvgIpc) is 2.30. The molecule has 0 atom stereocenters. The molecule has 0 bridgehead atoms. The highest BCUT2D eigenvalue weighted by atomic mass is 17.2. The van der Waals surface area contributed by atoms with Crippen molar-refractivity contribution in [1.82, 2.24) is 0 Å². The summed E-state index contributed by atoms with van der Waals surface area (Å²) in [7, 11) is 1.35. The van der Waals surface area contributed by atoms with Crippen molar-refractivity contribution in [3.63, 3.8) is 0 Å². The van der Waals surface area contributed by atoms with Crippen LogP contribution in [0.15, 0.2) is 0 Å². The Kier molecular flexibility index (Phi) is 9.70. The third-order valence-electron chi connectivity index (χ3n) is 1.97. The number of carbonyl (C=O) groups is 2. The maximum absolute atomic E-state index is 11.1. The number of hydrogen-bond acceptors (Lipinski definition) is 5. The molecule has 0 saturated heterocycles. The largest absolute Gasteiger partial charge is 0.469 e. The molecule has 0 fully saturated rings. The number of rotatable bonds is 9. The summed E-state index contributed by atoms with van der Waals surface area (Å²) in [5.74, 6) is -0.645. The van der Waals surface area contributed by atoms with Gasteiger partial charge in [0, 0.05) is 12.8 Å². The van der Waals surface area contributed by atoms with Gasteiger partial charge in [0.05, 0.1) is 13.7 Å². The van der Waals surface area contributed by atoms with E-state index >= 15 is 0 Å². The fraction of sp³-hybridized carbons (Fsp3) is 0.818. The molecular weight excluding hydrogens is 212 g/mol. The summed E-state index contributed by atoms with van der Waals surface area (Å²) in [4.78, 5) is 31.0. The topological polar surface area (TPSA) is 61.8 Å². The highest BCUT2D eigenvalue weighted by Gasteiger charge is 2.05. The second-order valence-corrected chi connectivity index (χ2v) is 3.41. The van der Waals surface area contributed by atoms with Crippen molar-refractivity contribution >= 4 is 11.9 Å². The van der Waals surface area contributed by atoms with Crippen LogP contribution in [0.2, 0.25) is 0 Å². The van der Waals surface area contributed by atoms with Gasteiger partial charge in [-0.2, -0.15) is 4.89 Å². The summed E-state index contributed by atoms with van der Waals surface area (Å²) in [5, 5.41) is 0. The minimum atomic E-state index is -0.388. The molecule has 0 spiro atoms. The standard InChI is InChI=1S/C11H20O5/c1-3-4-9-15-16-11(13)8-6-5-7-10(12)14-2/h3-9H2,1-2H3. The number of esters is 1. The van der Waals surface area contributed by atoms with Crippen LogP contribution in [-0.2, 0) is 24.1 Å². The van der Waals surface area contributed by atoms with Crippen molar-refractivity contribution < 1.29 is 24.1 Å². The molecule has 0 rings (SSSR count). The van der Waals surface area contributed by atoms with E-state index in [1.807, 2.05) is 6.92 Å². The van der Waals surface area contributed by atoms with Crippen molar-refractivity contribution in [2.45, 2.75) is 45.4 Å². The SMILES string of the molecule is CCCCOOC(=O)CCCCC(=O)OC. The van der Waals surface area contributed by atoms with E-state index in [9.17, 15) is 9.59 Å². The van der Waals surface area contributed by atoms with Gasteiger partial charge in [-0.05, 0) is 19.3 Å². The van der Waals surface area contributed by atoms with Gasteiger partial charge in [-0.3, -0.25) is 9.68 Å². The van der Waals surface area contributed by atoms with Crippen molar-refractivity contribution in [3.05, 3.63) is 0 Å². The molecule has 5 nitrogen and oxygen atoms in total. The van der Waals surface area contributed by atoms with Crippen LogP contribution in [0.25, 0.3) is 0 Å². The minimum absolute atomic E-state index is 0.257. The number of unbranched alkanes of at least 4 members (excludes halogenated alkanes) is 2. The third-order valence-corrected chi connectivity index (χ3v) is 1.97. The van der Waals surface area contributed by atoms with Crippen LogP contribution in [0, 0.1) is 0 Å². The Labute approximate surface area is 96.0 Å². The summed E-state index contributed by atoms with van der Waals surface area (Å²) in [5.41, 5.74) is 0. The van der Waals surface area contributed by atoms with Gasteiger partial charge in [-0.1, -0.05) is 13.3 Å². The van der Waals surface area contributed by atoms with Crippen LogP contribution in [0.4, 0.5) is 0 Å². The fourth-order valence-corrected chi connectivity index (χ4v) is 0.993. The highest BCUT2D eigenvalue weighted by Crippen LogP contribution is 2.03. The van der Waals surface area contributed by atoms with E-state index in [1.165, 1.54) is 7.11 Å². The van der Waals surface area contributed by atoms with Gasteiger partial charge in [-0.15, -0.1) is 0 Å². The van der Waals surface area contributed by atoms with Crippen LogP contribution in [0.1, 0.15) is 45.4 Å². The van der Waals surface area contributed by atoms with Gasteiger partial charge in [0.15, 0.2) is 0 Å². The first-order chi connectivity index (χ1) is 7.70. The molecule has 0 saturated carbocycles. The molecule has 0 aliphatic heterocycles. The molecule has 0 aromatic carbocycles. The predicted molar refractivity (Wildman–Crippen MR) is 57.4 cm³/mol. The van der Waals surface area contributed by atoms with Crippen molar-refractivity contribution in [2.24, 2.45) is 0 Å².